The normalized spacial score (nSPS) is 11.6. The lowest BCUT2D eigenvalue weighted by Gasteiger charge is -2.14. The van der Waals surface area contributed by atoms with Gasteiger partial charge in [0.2, 0.25) is 0 Å². The molecule has 98 valence electrons. The molecule has 0 aliphatic heterocycles. The summed E-state index contributed by atoms with van der Waals surface area (Å²) in [5.74, 6) is 0. The van der Waals surface area contributed by atoms with E-state index in [4.69, 9.17) is 9.47 Å². The van der Waals surface area contributed by atoms with Crippen LogP contribution in [0.2, 0.25) is 0 Å². The van der Waals surface area contributed by atoms with Gasteiger partial charge in [0, 0.05) is 33.5 Å². The van der Waals surface area contributed by atoms with Crippen molar-refractivity contribution in [1.82, 2.24) is 14.7 Å². The molecule has 2 aromatic heterocycles. The summed E-state index contributed by atoms with van der Waals surface area (Å²) >= 11 is 0. The Balaban J connectivity index is 2.05. The smallest absolute Gasteiger partial charge is 0.169 e. The third-order valence-electron chi connectivity index (χ3n) is 2.96. The maximum Gasteiger partial charge on any atom is 0.169 e. The Bertz CT molecular complexity index is 506. The first-order valence-electron chi connectivity index (χ1n) is 5.95. The molecule has 0 radical (unpaired) electrons. The summed E-state index contributed by atoms with van der Waals surface area (Å²) in [6, 6.07) is 6.00. The molecule has 2 heterocycles. The maximum atomic E-state index is 5.13. The molecule has 0 atom stereocenters. The molecular formula is C13H19N3O2. The van der Waals surface area contributed by atoms with E-state index in [0.717, 1.165) is 23.6 Å². The average molecular weight is 249 g/mol. The quantitative estimate of drug-likeness (QED) is 0.785. The van der Waals surface area contributed by atoms with Gasteiger partial charge in [-0.3, -0.25) is 0 Å². The lowest BCUT2D eigenvalue weighted by molar-refractivity contribution is -0.0989. The van der Waals surface area contributed by atoms with Crippen molar-refractivity contribution in [2.45, 2.75) is 19.8 Å². The van der Waals surface area contributed by atoms with Crippen LogP contribution < -0.4 is 5.32 Å². The van der Waals surface area contributed by atoms with Crippen LogP contribution in [0.15, 0.2) is 24.4 Å². The number of rotatable bonds is 6. The molecule has 0 spiro atoms. The number of hydrogen-bond acceptors (Lipinski definition) is 4. The second-order valence-electron chi connectivity index (χ2n) is 4.10. The first kappa shape index (κ1) is 13.0. The molecule has 5 nitrogen and oxygen atoms in total. The number of aromatic nitrogens is 2. The van der Waals surface area contributed by atoms with Crippen LogP contribution in [0.3, 0.4) is 0 Å². The highest BCUT2D eigenvalue weighted by Crippen LogP contribution is 2.11. The highest BCUT2D eigenvalue weighted by atomic mass is 16.7. The number of fused-ring (bicyclic) bond motifs is 1. The van der Waals surface area contributed by atoms with Gasteiger partial charge in [0.15, 0.2) is 6.29 Å². The predicted molar refractivity (Wildman–Crippen MR) is 69.4 cm³/mol. The Morgan fingerprint density at radius 3 is 2.83 bits per heavy atom. The van der Waals surface area contributed by atoms with Crippen molar-refractivity contribution < 1.29 is 9.47 Å². The van der Waals surface area contributed by atoms with Gasteiger partial charge in [-0.1, -0.05) is 6.07 Å². The zero-order valence-corrected chi connectivity index (χ0v) is 11.0. The van der Waals surface area contributed by atoms with Crippen molar-refractivity contribution in [1.29, 1.82) is 0 Å². The summed E-state index contributed by atoms with van der Waals surface area (Å²) in [6.45, 7) is 3.40. The molecule has 2 rings (SSSR count). The van der Waals surface area contributed by atoms with E-state index in [1.165, 1.54) is 0 Å². The summed E-state index contributed by atoms with van der Waals surface area (Å²) < 4.78 is 12.4. The number of imidazole rings is 1. The van der Waals surface area contributed by atoms with E-state index in [9.17, 15) is 0 Å². The number of methoxy groups -OCH3 is 2. The van der Waals surface area contributed by atoms with Crippen molar-refractivity contribution in [3.63, 3.8) is 0 Å². The van der Waals surface area contributed by atoms with Crippen molar-refractivity contribution in [3.05, 3.63) is 35.8 Å². The van der Waals surface area contributed by atoms with Crippen LogP contribution >= 0.6 is 0 Å². The number of aryl methyl sites for hydroxylation is 1. The van der Waals surface area contributed by atoms with E-state index in [2.05, 4.69) is 14.7 Å². The number of pyridine rings is 1. The van der Waals surface area contributed by atoms with E-state index in [-0.39, 0.29) is 6.29 Å². The molecule has 18 heavy (non-hydrogen) atoms. The number of ether oxygens (including phenoxy) is 2. The van der Waals surface area contributed by atoms with Gasteiger partial charge < -0.3 is 19.2 Å². The molecule has 0 aliphatic carbocycles. The van der Waals surface area contributed by atoms with E-state index < -0.39 is 0 Å². The number of hydrogen-bond donors (Lipinski definition) is 1. The van der Waals surface area contributed by atoms with Crippen LogP contribution in [0.25, 0.3) is 5.65 Å². The Morgan fingerprint density at radius 2 is 2.11 bits per heavy atom. The summed E-state index contributed by atoms with van der Waals surface area (Å²) in [4.78, 5) is 4.51. The average Bonchev–Trinajstić information content (AvgIpc) is 2.71. The van der Waals surface area contributed by atoms with Crippen LogP contribution in [0.4, 0.5) is 0 Å². The van der Waals surface area contributed by atoms with E-state index >= 15 is 0 Å². The van der Waals surface area contributed by atoms with E-state index in [1.54, 1.807) is 14.2 Å². The fourth-order valence-corrected chi connectivity index (χ4v) is 1.95. The molecule has 0 bridgehead atoms. The van der Waals surface area contributed by atoms with Crippen molar-refractivity contribution in [2.24, 2.45) is 0 Å². The number of nitrogens with zero attached hydrogens (tertiary/aromatic N) is 2. The molecule has 0 fully saturated rings. The maximum absolute atomic E-state index is 5.13. The third kappa shape index (κ3) is 2.69. The van der Waals surface area contributed by atoms with Gasteiger partial charge in [0.05, 0.1) is 11.4 Å². The second kappa shape index (κ2) is 5.95. The molecule has 5 heteroatoms. The third-order valence-corrected chi connectivity index (χ3v) is 2.96. The highest BCUT2D eigenvalue weighted by Gasteiger charge is 2.09. The Hall–Kier alpha value is -1.43. The van der Waals surface area contributed by atoms with Crippen LogP contribution in [-0.2, 0) is 16.0 Å². The monoisotopic (exact) mass is 249 g/mol. The number of nitrogens with one attached hydrogen (secondary N) is 1. The molecule has 0 unspecified atom stereocenters. The zero-order valence-electron chi connectivity index (χ0n) is 11.0. The Morgan fingerprint density at radius 1 is 1.33 bits per heavy atom. The Labute approximate surface area is 107 Å². The molecule has 0 amide bonds. The largest absolute Gasteiger partial charge is 0.355 e. The van der Waals surface area contributed by atoms with E-state index in [1.807, 2.05) is 31.3 Å². The molecule has 0 saturated carbocycles. The summed E-state index contributed by atoms with van der Waals surface area (Å²) in [5, 5.41) is 3.31. The summed E-state index contributed by atoms with van der Waals surface area (Å²) in [7, 11) is 3.27. The molecule has 1 N–H and O–H groups in total. The minimum Gasteiger partial charge on any atom is -0.355 e. The summed E-state index contributed by atoms with van der Waals surface area (Å²) in [5.41, 5.74) is 3.18. The van der Waals surface area contributed by atoms with Gasteiger partial charge in [-0.15, -0.1) is 0 Å². The van der Waals surface area contributed by atoms with Gasteiger partial charge >= 0.3 is 0 Å². The van der Waals surface area contributed by atoms with Gasteiger partial charge in [0.1, 0.15) is 5.65 Å². The lowest BCUT2D eigenvalue weighted by Crippen LogP contribution is -2.29. The minimum atomic E-state index is -0.218. The zero-order chi connectivity index (χ0) is 13.0. The van der Waals surface area contributed by atoms with Crippen molar-refractivity contribution in [2.75, 3.05) is 20.8 Å². The molecule has 0 aliphatic rings. The van der Waals surface area contributed by atoms with Crippen LogP contribution in [0.5, 0.6) is 0 Å². The molecule has 0 aromatic carbocycles. The SMILES string of the molecule is COC(CNCc1c(C)nc2ccccn12)OC. The Kier molecular flexibility index (Phi) is 4.30. The fourth-order valence-electron chi connectivity index (χ4n) is 1.95. The standard InChI is InChI=1S/C13H19N3O2/c1-10-11(8-14-9-13(17-2)18-3)16-7-5-4-6-12(16)15-10/h4-7,13-14H,8-9H2,1-3H3. The minimum absolute atomic E-state index is 0.218. The van der Waals surface area contributed by atoms with Crippen molar-refractivity contribution in [3.8, 4) is 0 Å². The van der Waals surface area contributed by atoms with Crippen LogP contribution in [-0.4, -0.2) is 36.4 Å². The fraction of sp³-hybridized carbons (Fsp3) is 0.462. The first-order valence-corrected chi connectivity index (χ1v) is 5.95. The van der Waals surface area contributed by atoms with Crippen LogP contribution in [0.1, 0.15) is 11.4 Å². The van der Waals surface area contributed by atoms with Gasteiger partial charge in [-0.05, 0) is 19.1 Å². The molecule has 2 aromatic rings. The molecular weight excluding hydrogens is 230 g/mol. The summed E-state index contributed by atoms with van der Waals surface area (Å²) in [6.07, 6.45) is 1.81. The van der Waals surface area contributed by atoms with Crippen LogP contribution in [0, 0.1) is 6.92 Å². The van der Waals surface area contributed by atoms with Crippen molar-refractivity contribution >= 4 is 5.65 Å². The first-order chi connectivity index (χ1) is 8.76. The molecule has 0 saturated heterocycles. The predicted octanol–water partition coefficient (Wildman–Crippen LogP) is 1.35. The van der Waals surface area contributed by atoms with Gasteiger partial charge in [-0.25, -0.2) is 4.98 Å². The van der Waals surface area contributed by atoms with Gasteiger partial charge in [0.25, 0.3) is 0 Å². The second-order valence-corrected chi connectivity index (χ2v) is 4.10. The lowest BCUT2D eigenvalue weighted by atomic mass is 10.3. The topological polar surface area (TPSA) is 47.8 Å². The highest BCUT2D eigenvalue weighted by molar-refractivity contribution is 5.42. The van der Waals surface area contributed by atoms with E-state index in [0.29, 0.717) is 6.54 Å². The van der Waals surface area contributed by atoms with Gasteiger partial charge in [-0.2, -0.15) is 0 Å².